The number of aliphatic hydroxyl groups excluding tert-OH is 1. The summed E-state index contributed by atoms with van der Waals surface area (Å²) < 4.78 is 0. The van der Waals surface area contributed by atoms with Gasteiger partial charge in [0.1, 0.15) is 0 Å². The molecule has 0 saturated carbocycles. The zero-order valence-electron chi connectivity index (χ0n) is 4.91. The second-order valence-electron chi connectivity index (χ2n) is 1.34. The molecule has 0 spiro atoms. The molecular formula is C5H9N3O. The van der Waals surface area contributed by atoms with Crippen molar-refractivity contribution < 1.29 is 5.11 Å². The number of rotatable bonds is 2. The van der Waals surface area contributed by atoms with Gasteiger partial charge in [-0.2, -0.15) is 0 Å². The van der Waals surface area contributed by atoms with Gasteiger partial charge in [-0.3, -0.25) is 0 Å². The molecule has 0 rings (SSSR count). The summed E-state index contributed by atoms with van der Waals surface area (Å²) in [4.78, 5) is 3.36. The van der Waals surface area contributed by atoms with E-state index in [2.05, 4.69) is 11.6 Å². The quantitative estimate of drug-likeness (QED) is 0.356. The molecule has 0 aliphatic rings. The second-order valence-corrected chi connectivity index (χ2v) is 1.34. The van der Waals surface area contributed by atoms with Crippen LogP contribution >= 0.6 is 0 Å². The molecule has 0 unspecified atom stereocenters. The minimum Gasteiger partial charge on any atom is -0.494 e. The molecule has 9 heavy (non-hydrogen) atoms. The van der Waals surface area contributed by atoms with Gasteiger partial charge in [-0.25, -0.2) is 4.99 Å². The van der Waals surface area contributed by atoms with Gasteiger partial charge in [0.2, 0.25) is 5.88 Å². The number of hydrogen-bond acceptors (Lipinski definition) is 4. The molecule has 50 valence electrons. The summed E-state index contributed by atoms with van der Waals surface area (Å²) in [6.45, 7) is 3.10. The monoisotopic (exact) mass is 127 g/mol. The van der Waals surface area contributed by atoms with Crippen LogP contribution in [0.15, 0.2) is 29.4 Å². The van der Waals surface area contributed by atoms with Crippen molar-refractivity contribution in [3.63, 3.8) is 0 Å². The Kier molecular flexibility index (Phi) is 2.97. The molecule has 0 aromatic heterocycles. The molecule has 0 aliphatic carbocycles. The molecule has 0 aromatic carbocycles. The van der Waals surface area contributed by atoms with Crippen LogP contribution in [-0.4, -0.2) is 11.3 Å². The van der Waals surface area contributed by atoms with Gasteiger partial charge >= 0.3 is 0 Å². The van der Waals surface area contributed by atoms with E-state index in [0.717, 1.165) is 0 Å². The van der Waals surface area contributed by atoms with Crippen LogP contribution in [0.5, 0.6) is 0 Å². The van der Waals surface area contributed by atoms with Gasteiger partial charge in [0.25, 0.3) is 0 Å². The van der Waals surface area contributed by atoms with E-state index < -0.39 is 0 Å². The minimum absolute atomic E-state index is 0.283. The Morgan fingerprint density at radius 2 is 2.22 bits per heavy atom. The molecule has 0 heterocycles. The first-order valence-corrected chi connectivity index (χ1v) is 2.26. The zero-order chi connectivity index (χ0) is 7.28. The van der Waals surface area contributed by atoms with Gasteiger partial charge in [-0.1, -0.05) is 0 Å². The van der Waals surface area contributed by atoms with E-state index in [-0.39, 0.29) is 11.6 Å². The van der Waals surface area contributed by atoms with Crippen LogP contribution in [0.2, 0.25) is 0 Å². The number of hydrogen-bond donors (Lipinski definition) is 3. The summed E-state index contributed by atoms with van der Waals surface area (Å²) in [5.41, 5.74) is 10.4. The highest BCUT2D eigenvalue weighted by molar-refractivity contribution is 5.77. The number of nitrogens with zero attached hydrogens (tertiary/aromatic N) is 1. The van der Waals surface area contributed by atoms with Crippen LogP contribution in [0.25, 0.3) is 0 Å². The van der Waals surface area contributed by atoms with Crippen LogP contribution in [0.4, 0.5) is 0 Å². The fourth-order valence-corrected chi connectivity index (χ4v) is 0.192. The number of aliphatic imine (C=N–C) groups is 1. The van der Waals surface area contributed by atoms with E-state index >= 15 is 0 Å². The average molecular weight is 127 g/mol. The molecule has 0 radical (unpaired) electrons. The van der Waals surface area contributed by atoms with Crippen molar-refractivity contribution in [3.05, 3.63) is 24.4 Å². The smallest absolute Gasteiger partial charge is 0.203 e. The number of aliphatic hydroxyl groups is 1. The van der Waals surface area contributed by atoms with Crippen molar-refractivity contribution in [2.45, 2.75) is 0 Å². The summed E-state index contributed by atoms with van der Waals surface area (Å²) in [5.74, 6) is -0.292. The lowest BCUT2D eigenvalue weighted by Gasteiger charge is -1.86. The third-order valence-corrected chi connectivity index (χ3v) is 0.555. The van der Waals surface area contributed by atoms with Crippen molar-refractivity contribution in [2.24, 2.45) is 16.5 Å². The summed E-state index contributed by atoms with van der Waals surface area (Å²) in [5, 5.41) is 8.38. The van der Waals surface area contributed by atoms with Crippen LogP contribution in [-0.2, 0) is 0 Å². The topological polar surface area (TPSA) is 84.6 Å². The highest BCUT2D eigenvalue weighted by Gasteiger charge is 1.79. The van der Waals surface area contributed by atoms with Gasteiger partial charge in [-0.15, -0.1) is 0 Å². The van der Waals surface area contributed by atoms with Gasteiger partial charge in [-0.05, 0) is 6.58 Å². The standard InChI is InChI=1S/C5H9N3O/c1-4(9)8-3-5(7)2-6/h2-3,9H,1,6-7H2/b5-2+,8-3?. The molecule has 0 aliphatic heterocycles. The number of nitrogens with two attached hydrogens (primary N) is 2. The normalized spacial score (nSPS) is 12.2. The first kappa shape index (κ1) is 7.55. The van der Waals surface area contributed by atoms with Crippen molar-refractivity contribution in [1.29, 1.82) is 0 Å². The van der Waals surface area contributed by atoms with Crippen LogP contribution in [0.1, 0.15) is 0 Å². The fourth-order valence-electron chi connectivity index (χ4n) is 0.192. The third kappa shape index (κ3) is 4.40. The second kappa shape index (κ2) is 3.54. The summed E-state index contributed by atoms with van der Waals surface area (Å²) in [6, 6.07) is 0. The predicted molar refractivity (Wildman–Crippen MR) is 36.7 cm³/mol. The van der Waals surface area contributed by atoms with Gasteiger partial charge in [0.15, 0.2) is 0 Å². The lowest BCUT2D eigenvalue weighted by Crippen LogP contribution is -2.01. The molecule has 0 amide bonds. The maximum absolute atomic E-state index is 8.38. The van der Waals surface area contributed by atoms with E-state index in [1.807, 2.05) is 0 Å². The summed E-state index contributed by atoms with van der Waals surface area (Å²) >= 11 is 0. The lowest BCUT2D eigenvalue weighted by molar-refractivity contribution is 0.410. The van der Waals surface area contributed by atoms with E-state index in [1.165, 1.54) is 12.4 Å². The van der Waals surface area contributed by atoms with Crippen LogP contribution in [0.3, 0.4) is 0 Å². The van der Waals surface area contributed by atoms with Crippen LogP contribution in [0, 0.1) is 0 Å². The first-order chi connectivity index (χ1) is 4.16. The molecule has 0 bridgehead atoms. The Hall–Kier alpha value is -1.45. The molecule has 4 heteroatoms. The van der Waals surface area contributed by atoms with Gasteiger partial charge in [0, 0.05) is 6.20 Å². The van der Waals surface area contributed by atoms with Crippen molar-refractivity contribution in [3.8, 4) is 0 Å². The van der Waals surface area contributed by atoms with Crippen LogP contribution < -0.4 is 11.5 Å². The SMILES string of the molecule is C=C(O)N=C/C(N)=C\N. The molecule has 0 saturated heterocycles. The number of allylic oxidation sites excluding steroid dienone is 1. The average Bonchev–Trinajstić information content (AvgIpc) is 1.83. The van der Waals surface area contributed by atoms with Crippen molar-refractivity contribution in [2.75, 3.05) is 0 Å². The predicted octanol–water partition coefficient (Wildman–Crippen LogP) is -0.155. The van der Waals surface area contributed by atoms with Crippen molar-refractivity contribution in [1.82, 2.24) is 0 Å². The van der Waals surface area contributed by atoms with E-state index in [0.29, 0.717) is 0 Å². The highest BCUT2D eigenvalue weighted by atomic mass is 16.3. The molecule has 0 aromatic rings. The fraction of sp³-hybridized carbons (Fsp3) is 0. The Balaban J connectivity index is 3.86. The lowest BCUT2D eigenvalue weighted by atomic mass is 10.5. The van der Waals surface area contributed by atoms with E-state index in [1.54, 1.807) is 0 Å². The molecule has 0 fully saturated rings. The minimum atomic E-state index is -0.292. The third-order valence-electron chi connectivity index (χ3n) is 0.555. The largest absolute Gasteiger partial charge is 0.494 e. The Labute approximate surface area is 53.2 Å². The van der Waals surface area contributed by atoms with E-state index in [9.17, 15) is 0 Å². The van der Waals surface area contributed by atoms with E-state index in [4.69, 9.17) is 16.6 Å². The summed E-state index contributed by atoms with van der Waals surface area (Å²) in [6.07, 6.45) is 2.38. The maximum atomic E-state index is 8.38. The summed E-state index contributed by atoms with van der Waals surface area (Å²) in [7, 11) is 0. The Morgan fingerprint density at radius 1 is 1.67 bits per heavy atom. The van der Waals surface area contributed by atoms with Crippen molar-refractivity contribution >= 4 is 6.21 Å². The highest BCUT2D eigenvalue weighted by Crippen LogP contribution is 1.82. The Bertz CT molecular complexity index is 160. The Morgan fingerprint density at radius 3 is 2.56 bits per heavy atom. The van der Waals surface area contributed by atoms with Gasteiger partial charge in [0.05, 0.1) is 11.9 Å². The molecule has 0 atom stereocenters. The molecular weight excluding hydrogens is 118 g/mol. The molecule has 4 nitrogen and oxygen atoms in total. The zero-order valence-corrected chi connectivity index (χ0v) is 4.91. The first-order valence-electron chi connectivity index (χ1n) is 2.26. The molecule has 5 N–H and O–H groups in total. The maximum Gasteiger partial charge on any atom is 0.203 e. The van der Waals surface area contributed by atoms with Gasteiger partial charge < -0.3 is 16.6 Å².